The molecule has 1 amide bonds. The Labute approximate surface area is 114 Å². The van der Waals surface area contributed by atoms with Crippen LogP contribution in [0.25, 0.3) is 0 Å². The monoisotopic (exact) mass is 267 g/mol. The van der Waals surface area contributed by atoms with Gasteiger partial charge in [0.05, 0.1) is 5.69 Å². The number of nitrogens with zero attached hydrogens (tertiary/aromatic N) is 1. The minimum absolute atomic E-state index is 0.00986. The number of rotatable bonds is 6. The maximum Gasteiger partial charge on any atom is 0.242 e. The fourth-order valence-electron chi connectivity index (χ4n) is 1.70. The molecule has 3 N–H and O–H groups in total. The molecule has 4 nitrogen and oxygen atoms in total. The Kier molecular flexibility index (Phi) is 5.34. The third-order valence-corrected chi connectivity index (χ3v) is 3.06. The van der Waals surface area contributed by atoms with E-state index >= 15 is 0 Å². The van der Waals surface area contributed by atoms with Crippen LogP contribution in [0.2, 0.25) is 0 Å². The van der Waals surface area contributed by atoms with Crippen molar-refractivity contribution in [2.75, 3.05) is 6.54 Å². The van der Waals surface area contributed by atoms with Gasteiger partial charge in [0.1, 0.15) is 11.0 Å². The summed E-state index contributed by atoms with van der Waals surface area (Å²) in [7, 11) is 0. The number of carbonyl (C=O) groups is 1. The average molecular weight is 267 g/mol. The molecule has 1 unspecified atom stereocenters. The maximum absolute atomic E-state index is 12.0. The number of carbonyl (C=O) groups excluding carboxylic acids is 1. The summed E-state index contributed by atoms with van der Waals surface area (Å²) >= 11 is 4.96. The third kappa shape index (κ3) is 3.84. The Bertz CT molecular complexity index is 426. The zero-order valence-electron chi connectivity index (χ0n) is 11.1. The van der Waals surface area contributed by atoms with Crippen molar-refractivity contribution >= 4 is 23.1 Å². The van der Waals surface area contributed by atoms with Gasteiger partial charge in [-0.25, -0.2) is 0 Å². The standard InChI is InChI=1S/C13H21N3OS/c1-9(2)6-7-15-13(17)10(3)16-8-4-5-11(16)12(14)18/h4-5,8-10H,6-7H2,1-3H3,(H2,14,18)(H,15,17). The molecule has 1 heterocycles. The predicted molar refractivity (Wildman–Crippen MR) is 77.5 cm³/mol. The van der Waals surface area contributed by atoms with E-state index in [4.69, 9.17) is 18.0 Å². The lowest BCUT2D eigenvalue weighted by molar-refractivity contribution is -0.123. The molecule has 0 saturated heterocycles. The third-order valence-electron chi connectivity index (χ3n) is 2.85. The Balaban J connectivity index is 2.63. The quantitative estimate of drug-likeness (QED) is 0.773. The van der Waals surface area contributed by atoms with Crippen LogP contribution in [0.3, 0.4) is 0 Å². The van der Waals surface area contributed by atoms with Gasteiger partial charge in [-0.3, -0.25) is 4.79 Å². The number of nitrogens with two attached hydrogens (primary N) is 1. The number of aromatic nitrogens is 1. The molecule has 0 aliphatic heterocycles. The number of hydrogen-bond acceptors (Lipinski definition) is 2. The number of hydrogen-bond donors (Lipinski definition) is 2. The van der Waals surface area contributed by atoms with Gasteiger partial charge in [0.15, 0.2) is 0 Å². The molecule has 5 heteroatoms. The smallest absolute Gasteiger partial charge is 0.242 e. The molecule has 1 rings (SSSR count). The van der Waals surface area contributed by atoms with Gasteiger partial charge in [0.25, 0.3) is 0 Å². The van der Waals surface area contributed by atoms with E-state index in [9.17, 15) is 4.79 Å². The SMILES string of the molecule is CC(C)CCNC(=O)C(C)n1cccc1C(N)=S. The van der Waals surface area contributed by atoms with Crippen LogP contribution in [0.5, 0.6) is 0 Å². The molecule has 100 valence electrons. The fourth-order valence-corrected chi connectivity index (χ4v) is 1.87. The van der Waals surface area contributed by atoms with Crippen molar-refractivity contribution in [3.63, 3.8) is 0 Å². The van der Waals surface area contributed by atoms with Crippen LogP contribution in [0.15, 0.2) is 18.3 Å². The Hall–Kier alpha value is -1.36. The van der Waals surface area contributed by atoms with Crippen LogP contribution in [0.4, 0.5) is 0 Å². The van der Waals surface area contributed by atoms with Gasteiger partial charge >= 0.3 is 0 Å². The molecule has 0 bridgehead atoms. The summed E-state index contributed by atoms with van der Waals surface area (Å²) in [5.41, 5.74) is 6.33. The van der Waals surface area contributed by atoms with Crippen molar-refractivity contribution in [2.45, 2.75) is 33.2 Å². The lowest BCUT2D eigenvalue weighted by atomic mass is 10.1. The van der Waals surface area contributed by atoms with Crippen LogP contribution >= 0.6 is 12.2 Å². The van der Waals surface area contributed by atoms with E-state index in [0.717, 1.165) is 12.1 Å². The van der Waals surface area contributed by atoms with Gasteiger partial charge in [0, 0.05) is 12.7 Å². The van der Waals surface area contributed by atoms with Gasteiger partial charge in [-0.1, -0.05) is 26.1 Å². The molecule has 0 radical (unpaired) electrons. The fraction of sp³-hybridized carbons (Fsp3) is 0.538. The highest BCUT2D eigenvalue weighted by atomic mass is 32.1. The first-order valence-electron chi connectivity index (χ1n) is 6.17. The molecular formula is C13H21N3OS. The summed E-state index contributed by atoms with van der Waals surface area (Å²) in [4.78, 5) is 12.3. The molecular weight excluding hydrogens is 246 g/mol. The molecule has 0 saturated carbocycles. The Morgan fingerprint density at radius 2 is 2.17 bits per heavy atom. The van der Waals surface area contributed by atoms with Crippen LogP contribution < -0.4 is 11.1 Å². The summed E-state index contributed by atoms with van der Waals surface area (Å²) in [6.45, 7) is 6.80. The number of thiocarbonyl (C=S) groups is 1. The van der Waals surface area contributed by atoms with E-state index in [1.54, 1.807) is 4.57 Å². The first-order valence-corrected chi connectivity index (χ1v) is 6.58. The molecule has 0 aliphatic rings. The highest BCUT2D eigenvalue weighted by Crippen LogP contribution is 2.12. The lowest BCUT2D eigenvalue weighted by Gasteiger charge is -2.17. The lowest BCUT2D eigenvalue weighted by Crippen LogP contribution is -2.33. The highest BCUT2D eigenvalue weighted by molar-refractivity contribution is 7.80. The van der Waals surface area contributed by atoms with Crippen molar-refractivity contribution in [1.82, 2.24) is 9.88 Å². The minimum Gasteiger partial charge on any atom is -0.388 e. The second-order valence-electron chi connectivity index (χ2n) is 4.81. The van der Waals surface area contributed by atoms with E-state index < -0.39 is 0 Å². The van der Waals surface area contributed by atoms with Crippen LogP contribution in [-0.2, 0) is 4.79 Å². The topological polar surface area (TPSA) is 60.0 Å². The second kappa shape index (κ2) is 6.54. The molecule has 1 atom stereocenters. The molecule has 18 heavy (non-hydrogen) atoms. The van der Waals surface area contributed by atoms with Crippen molar-refractivity contribution < 1.29 is 4.79 Å². The normalized spacial score (nSPS) is 12.4. The molecule has 1 aromatic heterocycles. The van der Waals surface area contributed by atoms with E-state index in [1.165, 1.54) is 0 Å². The largest absolute Gasteiger partial charge is 0.388 e. The van der Waals surface area contributed by atoms with E-state index in [-0.39, 0.29) is 11.9 Å². The van der Waals surface area contributed by atoms with Gasteiger partial charge in [-0.15, -0.1) is 0 Å². The van der Waals surface area contributed by atoms with Crippen molar-refractivity contribution in [1.29, 1.82) is 0 Å². The summed E-state index contributed by atoms with van der Waals surface area (Å²) in [5.74, 6) is 0.573. The van der Waals surface area contributed by atoms with E-state index in [0.29, 0.717) is 17.5 Å². The van der Waals surface area contributed by atoms with E-state index in [1.807, 2.05) is 25.3 Å². The highest BCUT2D eigenvalue weighted by Gasteiger charge is 2.17. The maximum atomic E-state index is 12.0. The van der Waals surface area contributed by atoms with Crippen molar-refractivity contribution in [3.05, 3.63) is 24.0 Å². The van der Waals surface area contributed by atoms with Crippen molar-refractivity contribution in [3.8, 4) is 0 Å². The van der Waals surface area contributed by atoms with Gasteiger partial charge in [-0.05, 0) is 31.4 Å². The average Bonchev–Trinajstić information content (AvgIpc) is 2.76. The van der Waals surface area contributed by atoms with Crippen LogP contribution in [0.1, 0.15) is 38.9 Å². The molecule has 0 spiro atoms. The number of amides is 1. The van der Waals surface area contributed by atoms with Crippen LogP contribution in [-0.4, -0.2) is 22.0 Å². The predicted octanol–water partition coefficient (Wildman–Crippen LogP) is 1.85. The summed E-state index contributed by atoms with van der Waals surface area (Å²) in [6, 6.07) is 3.36. The summed E-state index contributed by atoms with van der Waals surface area (Å²) < 4.78 is 1.80. The van der Waals surface area contributed by atoms with Gasteiger partial charge in [-0.2, -0.15) is 0 Å². The van der Waals surface area contributed by atoms with Gasteiger partial charge in [0.2, 0.25) is 5.91 Å². The van der Waals surface area contributed by atoms with Gasteiger partial charge < -0.3 is 15.6 Å². The first-order chi connectivity index (χ1) is 8.43. The minimum atomic E-state index is -0.302. The Morgan fingerprint density at radius 3 is 2.72 bits per heavy atom. The van der Waals surface area contributed by atoms with Crippen molar-refractivity contribution in [2.24, 2.45) is 11.7 Å². The Morgan fingerprint density at radius 1 is 1.50 bits per heavy atom. The zero-order chi connectivity index (χ0) is 13.7. The first kappa shape index (κ1) is 14.7. The second-order valence-corrected chi connectivity index (χ2v) is 5.25. The molecule has 1 aromatic rings. The molecule has 0 fully saturated rings. The van der Waals surface area contributed by atoms with E-state index in [2.05, 4.69) is 19.2 Å². The molecule has 0 aliphatic carbocycles. The van der Waals surface area contributed by atoms with Crippen LogP contribution in [0, 0.1) is 5.92 Å². The number of nitrogens with one attached hydrogen (secondary N) is 1. The summed E-state index contributed by atoms with van der Waals surface area (Å²) in [5, 5.41) is 2.92. The zero-order valence-corrected chi connectivity index (χ0v) is 12.0. The summed E-state index contributed by atoms with van der Waals surface area (Å²) in [6.07, 6.45) is 2.80. The molecule has 0 aromatic carbocycles.